The standard InChI is InChI=1S/C12H16N2O5/c1-19-11-3-2-10(14(17)18)7-9(11)6-8(4-5-13)12(15)16/h2-3,7-8H,4-6,13H2,1H3,(H,15,16). The molecule has 3 N–H and O–H groups in total. The summed E-state index contributed by atoms with van der Waals surface area (Å²) in [7, 11) is 1.43. The highest BCUT2D eigenvalue weighted by atomic mass is 16.6. The number of non-ortho nitro benzene ring substituents is 1. The quantitative estimate of drug-likeness (QED) is 0.567. The summed E-state index contributed by atoms with van der Waals surface area (Å²) in [4.78, 5) is 21.3. The smallest absolute Gasteiger partial charge is 0.306 e. The zero-order chi connectivity index (χ0) is 14.4. The number of nitro groups is 1. The van der Waals surface area contributed by atoms with Crippen LogP contribution in [0, 0.1) is 16.0 Å². The molecule has 0 aliphatic heterocycles. The van der Waals surface area contributed by atoms with E-state index in [0.29, 0.717) is 17.7 Å². The first-order valence-electron chi connectivity index (χ1n) is 5.73. The molecule has 1 rings (SSSR count). The lowest BCUT2D eigenvalue weighted by atomic mass is 9.95. The number of nitrogens with zero attached hydrogens (tertiary/aromatic N) is 1. The van der Waals surface area contributed by atoms with Gasteiger partial charge in [0.15, 0.2) is 0 Å². The van der Waals surface area contributed by atoms with E-state index in [2.05, 4.69) is 0 Å². The van der Waals surface area contributed by atoms with Gasteiger partial charge < -0.3 is 15.6 Å². The molecule has 0 aromatic heterocycles. The zero-order valence-electron chi connectivity index (χ0n) is 10.5. The number of rotatable bonds is 7. The predicted octanol–water partition coefficient (Wildman–Crippen LogP) is 1.20. The molecular weight excluding hydrogens is 252 g/mol. The van der Waals surface area contributed by atoms with Gasteiger partial charge in [0.1, 0.15) is 5.75 Å². The van der Waals surface area contributed by atoms with Crippen LogP contribution in [0.4, 0.5) is 5.69 Å². The highest BCUT2D eigenvalue weighted by molar-refractivity contribution is 5.70. The fraction of sp³-hybridized carbons (Fsp3) is 0.417. The molecule has 0 radical (unpaired) electrons. The van der Waals surface area contributed by atoms with E-state index in [1.165, 1.54) is 25.3 Å². The molecule has 0 amide bonds. The number of carboxylic acid groups (broad SMARTS) is 1. The van der Waals surface area contributed by atoms with E-state index in [4.69, 9.17) is 15.6 Å². The number of benzene rings is 1. The molecule has 0 heterocycles. The minimum atomic E-state index is -0.973. The monoisotopic (exact) mass is 268 g/mol. The predicted molar refractivity (Wildman–Crippen MR) is 68.1 cm³/mol. The molecule has 1 unspecified atom stereocenters. The maximum Gasteiger partial charge on any atom is 0.306 e. The Morgan fingerprint density at radius 3 is 2.74 bits per heavy atom. The number of hydrogen-bond donors (Lipinski definition) is 2. The van der Waals surface area contributed by atoms with E-state index < -0.39 is 16.8 Å². The molecule has 0 fully saturated rings. The Kier molecular flexibility index (Phi) is 5.25. The molecule has 104 valence electrons. The van der Waals surface area contributed by atoms with Gasteiger partial charge in [-0.25, -0.2) is 0 Å². The second-order valence-electron chi connectivity index (χ2n) is 4.07. The maximum absolute atomic E-state index is 11.1. The molecular formula is C12H16N2O5. The second-order valence-corrected chi connectivity index (χ2v) is 4.07. The molecule has 1 aromatic carbocycles. The van der Waals surface area contributed by atoms with Crippen LogP contribution >= 0.6 is 0 Å². The molecule has 7 nitrogen and oxygen atoms in total. The van der Waals surface area contributed by atoms with E-state index >= 15 is 0 Å². The molecule has 0 aliphatic carbocycles. The lowest BCUT2D eigenvalue weighted by molar-refractivity contribution is -0.384. The minimum absolute atomic E-state index is 0.0901. The summed E-state index contributed by atoms with van der Waals surface area (Å²) in [6.45, 7) is 0.244. The van der Waals surface area contributed by atoms with Crippen molar-refractivity contribution >= 4 is 11.7 Å². The van der Waals surface area contributed by atoms with Crippen molar-refractivity contribution < 1.29 is 19.6 Å². The molecule has 0 aliphatic rings. The third-order valence-electron chi connectivity index (χ3n) is 2.81. The van der Waals surface area contributed by atoms with Gasteiger partial charge in [-0.3, -0.25) is 14.9 Å². The van der Waals surface area contributed by atoms with Crippen molar-refractivity contribution in [1.29, 1.82) is 0 Å². The minimum Gasteiger partial charge on any atom is -0.496 e. The Hall–Kier alpha value is -2.15. The fourth-order valence-electron chi connectivity index (χ4n) is 1.82. The Labute approximate surface area is 110 Å². The van der Waals surface area contributed by atoms with Crippen LogP contribution in [0.5, 0.6) is 5.75 Å². The first-order valence-corrected chi connectivity index (χ1v) is 5.73. The molecule has 7 heteroatoms. The van der Waals surface area contributed by atoms with Gasteiger partial charge in [0, 0.05) is 17.7 Å². The van der Waals surface area contributed by atoms with Gasteiger partial charge in [0.25, 0.3) is 5.69 Å². The number of ether oxygens (including phenoxy) is 1. The molecule has 1 aromatic rings. The van der Waals surface area contributed by atoms with Crippen molar-refractivity contribution in [3.05, 3.63) is 33.9 Å². The first kappa shape index (κ1) is 14.9. The third-order valence-corrected chi connectivity index (χ3v) is 2.81. The second kappa shape index (κ2) is 6.69. The van der Waals surface area contributed by atoms with Crippen molar-refractivity contribution in [3.8, 4) is 5.75 Å². The van der Waals surface area contributed by atoms with E-state index in [9.17, 15) is 14.9 Å². The van der Waals surface area contributed by atoms with Gasteiger partial charge in [-0.15, -0.1) is 0 Å². The number of nitrogens with two attached hydrogens (primary N) is 1. The highest BCUT2D eigenvalue weighted by Crippen LogP contribution is 2.27. The van der Waals surface area contributed by atoms with Crippen LogP contribution in [0.3, 0.4) is 0 Å². The summed E-state index contributed by atoms with van der Waals surface area (Å²) in [6, 6.07) is 4.13. The summed E-state index contributed by atoms with van der Waals surface area (Å²) in [6.07, 6.45) is 0.457. The summed E-state index contributed by atoms with van der Waals surface area (Å²) in [5, 5.41) is 19.8. The van der Waals surface area contributed by atoms with Crippen molar-refractivity contribution in [2.24, 2.45) is 11.7 Å². The van der Waals surface area contributed by atoms with Crippen LogP contribution in [0.15, 0.2) is 18.2 Å². The van der Waals surface area contributed by atoms with Gasteiger partial charge in [0.2, 0.25) is 0 Å². The third kappa shape index (κ3) is 3.92. The zero-order valence-corrected chi connectivity index (χ0v) is 10.5. The number of carbonyl (C=O) groups is 1. The van der Waals surface area contributed by atoms with Crippen LogP contribution in [0.25, 0.3) is 0 Å². The van der Waals surface area contributed by atoms with Crippen molar-refractivity contribution in [1.82, 2.24) is 0 Å². The van der Waals surface area contributed by atoms with E-state index in [-0.39, 0.29) is 18.7 Å². The number of aliphatic carboxylic acids is 1. The molecule has 0 spiro atoms. The van der Waals surface area contributed by atoms with E-state index in [1.807, 2.05) is 0 Å². The summed E-state index contributed by atoms with van der Waals surface area (Å²) in [5.74, 6) is -1.21. The number of hydrogen-bond acceptors (Lipinski definition) is 5. The topological polar surface area (TPSA) is 116 Å². The van der Waals surface area contributed by atoms with Crippen LogP contribution < -0.4 is 10.5 Å². The van der Waals surface area contributed by atoms with Crippen molar-refractivity contribution in [2.45, 2.75) is 12.8 Å². The Morgan fingerprint density at radius 1 is 1.58 bits per heavy atom. The van der Waals surface area contributed by atoms with E-state index in [1.54, 1.807) is 0 Å². The van der Waals surface area contributed by atoms with Gasteiger partial charge in [-0.05, 0) is 25.5 Å². The Bertz CT molecular complexity index is 475. The summed E-state index contributed by atoms with van der Waals surface area (Å²) >= 11 is 0. The lowest BCUT2D eigenvalue weighted by Crippen LogP contribution is -2.20. The van der Waals surface area contributed by atoms with Crippen LogP contribution in [0.2, 0.25) is 0 Å². The van der Waals surface area contributed by atoms with Gasteiger partial charge in [-0.2, -0.15) is 0 Å². The lowest BCUT2D eigenvalue weighted by Gasteiger charge is -2.13. The van der Waals surface area contributed by atoms with Crippen LogP contribution in [-0.2, 0) is 11.2 Å². The number of methoxy groups -OCH3 is 1. The van der Waals surface area contributed by atoms with Crippen molar-refractivity contribution in [3.63, 3.8) is 0 Å². The molecule has 0 saturated heterocycles. The van der Waals surface area contributed by atoms with Gasteiger partial charge in [0.05, 0.1) is 18.0 Å². The molecule has 0 bridgehead atoms. The maximum atomic E-state index is 11.1. The van der Waals surface area contributed by atoms with E-state index in [0.717, 1.165) is 0 Å². The Balaban J connectivity index is 3.05. The SMILES string of the molecule is COc1ccc([N+](=O)[O-])cc1CC(CCN)C(=O)O. The summed E-state index contributed by atoms with van der Waals surface area (Å²) < 4.78 is 5.09. The van der Waals surface area contributed by atoms with Gasteiger partial charge in [-0.1, -0.05) is 0 Å². The molecule has 0 saturated carbocycles. The average molecular weight is 268 g/mol. The fourth-order valence-corrected chi connectivity index (χ4v) is 1.82. The average Bonchev–Trinajstić information content (AvgIpc) is 2.37. The van der Waals surface area contributed by atoms with Crippen LogP contribution in [-0.4, -0.2) is 29.7 Å². The first-order chi connectivity index (χ1) is 8.99. The van der Waals surface area contributed by atoms with Gasteiger partial charge >= 0.3 is 5.97 Å². The van der Waals surface area contributed by atoms with Crippen molar-refractivity contribution in [2.75, 3.05) is 13.7 Å². The highest BCUT2D eigenvalue weighted by Gasteiger charge is 2.21. The van der Waals surface area contributed by atoms with Crippen LogP contribution in [0.1, 0.15) is 12.0 Å². The Morgan fingerprint density at radius 2 is 2.26 bits per heavy atom. The largest absolute Gasteiger partial charge is 0.496 e. The number of nitro benzene ring substituents is 1. The summed E-state index contributed by atoms with van der Waals surface area (Å²) in [5.41, 5.74) is 5.77. The molecule has 19 heavy (non-hydrogen) atoms. The normalized spacial score (nSPS) is 11.9. The molecule has 1 atom stereocenters. The number of carboxylic acids is 1.